The highest BCUT2D eigenvalue weighted by Gasteiger charge is 2.46. The van der Waals surface area contributed by atoms with E-state index in [2.05, 4.69) is 13.8 Å². The van der Waals surface area contributed by atoms with E-state index in [9.17, 15) is 19.8 Å². The Bertz CT molecular complexity index is 1160. The minimum absolute atomic E-state index is 0.0260. The van der Waals surface area contributed by atoms with Crippen LogP contribution < -0.4 is 4.74 Å². The minimum Gasteiger partial charge on any atom is -0.508 e. The van der Waals surface area contributed by atoms with Gasteiger partial charge >= 0.3 is 0 Å². The van der Waals surface area contributed by atoms with E-state index in [-0.39, 0.29) is 23.6 Å². The second-order valence-corrected chi connectivity index (χ2v) is 9.36. The highest BCUT2D eigenvalue weighted by atomic mass is 32.1. The van der Waals surface area contributed by atoms with Gasteiger partial charge in [-0.25, -0.2) is 0 Å². The maximum atomic E-state index is 13.1. The number of benzene rings is 2. The monoisotopic (exact) mass is 463 g/mol. The molecule has 1 saturated heterocycles. The van der Waals surface area contributed by atoms with Crippen LogP contribution in [0.2, 0.25) is 0 Å². The molecule has 1 atom stereocenters. The number of phenols is 1. The van der Waals surface area contributed by atoms with Gasteiger partial charge in [0.1, 0.15) is 17.3 Å². The highest BCUT2D eigenvalue weighted by molar-refractivity contribution is 7.09. The molecule has 3 aromatic rings. The first-order valence-corrected chi connectivity index (χ1v) is 11.6. The van der Waals surface area contributed by atoms with Crippen molar-refractivity contribution in [2.75, 3.05) is 6.61 Å². The number of hydrogen-bond acceptors (Lipinski definition) is 6. The van der Waals surface area contributed by atoms with E-state index >= 15 is 0 Å². The minimum atomic E-state index is -0.774. The SMILES string of the molecule is CC(C)COc1ccc(/C(O)=C2/C(=O)C(=O)N(Cc3cccs3)C2c2ccc(O)cc2)cc1. The standard InChI is InChI=1S/C26H25NO5S/c1-16(2)15-32-20-11-7-18(8-12-20)24(29)22-23(17-5-9-19(28)10-6-17)27(26(31)25(22)30)14-21-4-3-13-33-21/h3-13,16,23,28-29H,14-15H2,1-2H3/b24-22-. The molecule has 7 heteroatoms. The van der Waals surface area contributed by atoms with Crippen molar-refractivity contribution in [3.05, 3.63) is 87.6 Å². The lowest BCUT2D eigenvalue weighted by Gasteiger charge is -2.25. The number of Topliss-reactive ketones (excluding diaryl/α,β-unsaturated/α-hetero) is 1. The number of aliphatic hydroxyl groups excluding tert-OH is 1. The molecular weight excluding hydrogens is 438 g/mol. The molecule has 6 nitrogen and oxygen atoms in total. The van der Waals surface area contributed by atoms with Crippen molar-refractivity contribution in [2.45, 2.75) is 26.4 Å². The fourth-order valence-corrected chi connectivity index (χ4v) is 4.45. The summed E-state index contributed by atoms with van der Waals surface area (Å²) in [4.78, 5) is 28.5. The van der Waals surface area contributed by atoms with Crippen molar-refractivity contribution >= 4 is 28.8 Å². The van der Waals surface area contributed by atoms with Gasteiger partial charge in [-0.3, -0.25) is 9.59 Å². The summed E-state index contributed by atoms with van der Waals surface area (Å²) in [5.74, 6) is -0.528. The number of carbonyl (C=O) groups is 2. The zero-order valence-electron chi connectivity index (χ0n) is 18.4. The van der Waals surface area contributed by atoms with Crippen molar-refractivity contribution in [3.63, 3.8) is 0 Å². The molecule has 1 amide bonds. The van der Waals surface area contributed by atoms with Gasteiger partial charge < -0.3 is 19.8 Å². The number of ether oxygens (including phenoxy) is 1. The first-order chi connectivity index (χ1) is 15.8. The summed E-state index contributed by atoms with van der Waals surface area (Å²) in [5.41, 5.74) is 1.07. The van der Waals surface area contributed by atoms with Gasteiger partial charge in [-0.05, 0) is 59.3 Å². The Morgan fingerprint density at radius 2 is 1.76 bits per heavy atom. The lowest BCUT2D eigenvalue weighted by atomic mass is 9.95. The van der Waals surface area contributed by atoms with Crippen LogP contribution in [0, 0.1) is 5.92 Å². The van der Waals surface area contributed by atoms with Gasteiger partial charge in [-0.15, -0.1) is 11.3 Å². The van der Waals surface area contributed by atoms with Crippen molar-refractivity contribution in [1.82, 2.24) is 4.90 Å². The third-order valence-corrected chi connectivity index (χ3v) is 6.23. The van der Waals surface area contributed by atoms with Crippen molar-refractivity contribution in [1.29, 1.82) is 0 Å². The maximum Gasteiger partial charge on any atom is 0.295 e. The first kappa shape index (κ1) is 22.6. The summed E-state index contributed by atoms with van der Waals surface area (Å²) < 4.78 is 5.69. The number of rotatable bonds is 7. The maximum absolute atomic E-state index is 13.1. The Morgan fingerprint density at radius 1 is 1.06 bits per heavy atom. The van der Waals surface area contributed by atoms with Crippen LogP contribution in [0.3, 0.4) is 0 Å². The molecule has 4 rings (SSSR count). The van der Waals surface area contributed by atoms with Gasteiger partial charge in [-0.2, -0.15) is 0 Å². The third kappa shape index (κ3) is 4.78. The Labute approximate surface area is 196 Å². The number of hydrogen-bond donors (Lipinski definition) is 2. The molecule has 1 aliphatic rings. The Kier molecular flexibility index (Phi) is 6.51. The van der Waals surface area contributed by atoms with Crippen LogP contribution in [0.15, 0.2) is 71.6 Å². The van der Waals surface area contributed by atoms with Crippen LogP contribution in [0.25, 0.3) is 5.76 Å². The number of amides is 1. The average Bonchev–Trinajstić information content (AvgIpc) is 3.41. The van der Waals surface area contributed by atoms with Crippen LogP contribution in [0.4, 0.5) is 0 Å². The van der Waals surface area contributed by atoms with Crippen molar-refractivity contribution in [2.24, 2.45) is 5.92 Å². The van der Waals surface area contributed by atoms with Crippen LogP contribution in [0.1, 0.15) is 35.9 Å². The van der Waals surface area contributed by atoms with Gasteiger partial charge in [0.15, 0.2) is 0 Å². The molecule has 2 aromatic carbocycles. The molecule has 1 aliphatic heterocycles. The number of thiophene rings is 1. The molecule has 0 aliphatic carbocycles. The molecule has 0 saturated carbocycles. The molecule has 1 unspecified atom stereocenters. The smallest absolute Gasteiger partial charge is 0.295 e. The predicted molar refractivity (Wildman–Crippen MR) is 127 cm³/mol. The summed E-state index contributed by atoms with van der Waals surface area (Å²) >= 11 is 1.49. The summed E-state index contributed by atoms with van der Waals surface area (Å²) in [6.07, 6.45) is 0. The molecule has 33 heavy (non-hydrogen) atoms. The summed E-state index contributed by atoms with van der Waals surface area (Å²) in [6, 6.07) is 16.1. The van der Waals surface area contributed by atoms with E-state index in [0.29, 0.717) is 29.4 Å². The largest absolute Gasteiger partial charge is 0.508 e. The molecule has 2 heterocycles. The van der Waals surface area contributed by atoms with E-state index < -0.39 is 17.7 Å². The summed E-state index contributed by atoms with van der Waals surface area (Å²) in [7, 11) is 0. The lowest BCUT2D eigenvalue weighted by Crippen LogP contribution is -2.28. The molecule has 0 radical (unpaired) electrons. The van der Waals surface area contributed by atoms with E-state index in [4.69, 9.17) is 4.74 Å². The second kappa shape index (κ2) is 9.50. The fraction of sp³-hybridized carbons (Fsp3) is 0.231. The molecule has 1 aromatic heterocycles. The van der Waals surface area contributed by atoms with Crippen LogP contribution in [-0.2, 0) is 16.1 Å². The fourth-order valence-electron chi connectivity index (χ4n) is 3.74. The quantitative estimate of drug-likeness (QED) is 0.289. The Hall–Kier alpha value is -3.58. The van der Waals surface area contributed by atoms with Gasteiger partial charge in [0.2, 0.25) is 0 Å². The first-order valence-electron chi connectivity index (χ1n) is 10.7. The molecule has 1 fully saturated rings. The Balaban J connectivity index is 1.75. The number of aromatic hydroxyl groups is 1. The molecular formula is C26H25NO5S. The number of carbonyl (C=O) groups excluding carboxylic acids is 2. The summed E-state index contributed by atoms with van der Waals surface area (Å²) in [6.45, 7) is 4.92. The van der Waals surface area contributed by atoms with E-state index in [1.54, 1.807) is 36.4 Å². The second-order valence-electron chi connectivity index (χ2n) is 8.33. The lowest BCUT2D eigenvalue weighted by molar-refractivity contribution is -0.140. The Morgan fingerprint density at radius 3 is 2.36 bits per heavy atom. The van der Waals surface area contributed by atoms with Crippen LogP contribution >= 0.6 is 11.3 Å². The number of phenolic OH excluding ortho intramolecular Hbond substituents is 1. The van der Waals surface area contributed by atoms with Crippen LogP contribution in [0.5, 0.6) is 11.5 Å². The molecule has 0 bridgehead atoms. The number of ketones is 1. The van der Waals surface area contributed by atoms with Gasteiger partial charge in [0.05, 0.1) is 24.8 Å². The van der Waals surface area contributed by atoms with Gasteiger partial charge in [-0.1, -0.05) is 32.0 Å². The van der Waals surface area contributed by atoms with E-state index in [1.807, 2.05) is 17.5 Å². The number of likely N-dealkylation sites (tertiary alicyclic amines) is 1. The molecule has 0 spiro atoms. The van der Waals surface area contributed by atoms with Crippen molar-refractivity contribution < 1.29 is 24.5 Å². The number of nitrogens with zero attached hydrogens (tertiary/aromatic N) is 1. The molecule has 170 valence electrons. The summed E-state index contributed by atoms with van der Waals surface area (Å²) in [5, 5.41) is 22.8. The van der Waals surface area contributed by atoms with Gasteiger partial charge in [0, 0.05) is 10.4 Å². The van der Waals surface area contributed by atoms with E-state index in [1.165, 1.54) is 28.4 Å². The van der Waals surface area contributed by atoms with Gasteiger partial charge in [0.25, 0.3) is 11.7 Å². The normalized spacial score (nSPS) is 17.7. The van der Waals surface area contributed by atoms with Crippen LogP contribution in [-0.4, -0.2) is 33.4 Å². The molecule has 2 N–H and O–H groups in total. The number of aliphatic hydroxyl groups is 1. The van der Waals surface area contributed by atoms with Crippen molar-refractivity contribution in [3.8, 4) is 11.5 Å². The highest BCUT2D eigenvalue weighted by Crippen LogP contribution is 2.41. The zero-order chi connectivity index (χ0) is 23.5. The average molecular weight is 464 g/mol. The predicted octanol–water partition coefficient (Wildman–Crippen LogP) is 5.11. The third-order valence-electron chi connectivity index (χ3n) is 5.37. The topological polar surface area (TPSA) is 87.1 Å². The van der Waals surface area contributed by atoms with E-state index in [0.717, 1.165) is 4.88 Å². The zero-order valence-corrected chi connectivity index (χ0v) is 19.2.